The molecule has 1 aliphatic rings. The molecule has 1 aliphatic carbocycles. The minimum Gasteiger partial charge on any atom is -0.395 e. The molecular formula is C9H18N2O3S2. The van der Waals surface area contributed by atoms with Gasteiger partial charge in [-0.15, -0.1) is 0 Å². The monoisotopic (exact) mass is 266 g/mol. The van der Waals surface area contributed by atoms with Crippen LogP contribution in [0.2, 0.25) is 0 Å². The van der Waals surface area contributed by atoms with Crippen molar-refractivity contribution in [3.05, 3.63) is 0 Å². The number of sulfonamides is 1. The van der Waals surface area contributed by atoms with Gasteiger partial charge in [-0.25, -0.2) is 8.42 Å². The van der Waals surface area contributed by atoms with Gasteiger partial charge < -0.3 is 10.8 Å². The van der Waals surface area contributed by atoms with Gasteiger partial charge in [0.1, 0.15) is 5.25 Å². The molecule has 0 spiro atoms. The van der Waals surface area contributed by atoms with Crippen LogP contribution in [0.25, 0.3) is 0 Å². The molecule has 7 heteroatoms. The van der Waals surface area contributed by atoms with Gasteiger partial charge in [-0.2, -0.15) is 4.31 Å². The summed E-state index contributed by atoms with van der Waals surface area (Å²) in [6, 6.07) is 0.00829. The Morgan fingerprint density at radius 1 is 1.62 bits per heavy atom. The van der Waals surface area contributed by atoms with E-state index in [0.717, 1.165) is 19.3 Å². The summed E-state index contributed by atoms with van der Waals surface area (Å²) < 4.78 is 25.6. The van der Waals surface area contributed by atoms with Gasteiger partial charge in [0.2, 0.25) is 10.0 Å². The summed E-state index contributed by atoms with van der Waals surface area (Å²) in [5, 5.41) is 8.05. The number of hydrogen-bond donors (Lipinski definition) is 2. The molecule has 0 saturated heterocycles. The highest BCUT2D eigenvalue weighted by atomic mass is 32.2. The molecule has 0 aromatic heterocycles. The number of hydrogen-bond acceptors (Lipinski definition) is 4. The number of nitrogens with two attached hydrogens (primary N) is 1. The predicted molar refractivity (Wildman–Crippen MR) is 66.6 cm³/mol. The maximum Gasteiger partial charge on any atom is 0.223 e. The van der Waals surface area contributed by atoms with E-state index in [4.69, 9.17) is 23.1 Å². The van der Waals surface area contributed by atoms with E-state index in [-0.39, 0.29) is 24.2 Å². The van der Waals surface area contributed by atoms with Crippen LogP contribution in [0.1, 0.15) is 26.2 Å². The molecule has 0 radical (unpaired) electrons. The Morgan fingerprint density at radius 2 is 2.19 bits per heavy atom. The van der Waals surface area contributed by atoms with Crippen LogP contribution >= 0.6 is 12.2 Å². The molecule has 1 rings (SSSR count). The van der Waals surface area contributed by atoms with Crippen LogP contribution in [0, 0.1) is 0 Å². The highest BCUT2D eigenvalue weighted by molar-refractivity contribution is 7.92. The quantitative estimate of drug-likeness (QED) is 0.653. The molecular weight excluding hydrogens is 248 g/mol. The molecule has 16 heavy (non-hydrogen) atoms. The molecule has 0 aromatic rings. The van der Waals surface area contributed by atoms with E-state index in [9.17, 15) is 8.42 Å². The van der Waals surface area contributed by atoms with Crippen molar-refractivity contribution in [2.45, 2.75) is 37.5 Å². The molecule has 1 fully saturated rings. The first kappa shape index (κ1) is 13.8. The average molecular weight is 266 g/mol. The van der Waals surface area contributed by atoms with Gasteiger partial charge >= 0.3 is 0 Å². The maximum atomic E-state index is 12.1. The van der Waals surface area contributed by atoms with Gasteiger partial charge in [0.05, 0.1) is 11.6 Å². The zero-order chi connectivity index (χ0) is 12.3. The molecule has 0 amide bonds. The van der Waals surface area contributed by atoms with Gasteiger partial charge in [0, 0.05) is 12.6 Å². The van der Waals surface area contributed by atoms with Crippen molar-refractivity contribution < 1.29 is 13.5 Å². The van der Waals surface area contributed by atoms with E-state index in [1.807, 2.05) is 0 Å². The van der Waals surface area contributed by atoms with E-state index in [1.54, 1.807) is 0 Å². The van der Waals surface area contributed by atoms with Crippen molar-refractivity contribution in [2.75, 3.05) is 13.2 Å². The van der Waals surface area contributed by atoms with Crippen LogP contribution in [0.15, 0.2) is 0 Å². The van der Waals surface area contributed by atoms with Gasteiger partial charge in [-0.05, 0) is 19.8 Å². The Labute approximate surface area is 102 Å². The lowest BCUT2D eigenvalue weighted by molar-refractivity contribution is 0.178. The van der Waals surface area contributed by atoms with E-state index < -0.39 is 15.3 Å². The van der Waals surface area contributed by atoms with E-state index in [1.165, 1.54) is 11.2 Å². The van der Waals surface area contributed by atoms with Crippen molar-refractivity contribution in [3.8, 4) is 0 Å². The topological polar surface area (TPSA) is 83.6 Å². The summed E-state index contributed by atoms with van der Waals surface area (Å²) in [5.41, 5.74) is 5.38. The van der Waals surface area contributed by atoms with Crippen molar-refractivity contribution in [1.82, 2.24) is 4.31 Å². The molecule has 0 aromatic carbocycles. The SMILES string of the molecule is CC(C(N)=S)S(=O)(=O)N(CCO)C1CCC1. The predicted octanol–water partition coefficient (Wildman–Crippen LogP) is -0.162. The van der Waals surface area contributed by atoms with Gasteiger partial charge in [-0.1, -0.05) is 18.6 Å². The second-order valence-electron chi connectivity index (χ2n) is 4.01. The van der Waals surface area contributed by atoms with Gasteiger partial charge in [0.25, 0.3) is 0 Å². The van der Waals surface area contributed by atoms with E-state index in [0.29, 0.717) is 0 Å². The Morgan fingerprint density at radius 3 is 2.50 bits per heavy atom. The number of aliphatic hydroxyl groups is 1. The summed E-state index contributed by atoms with van der Waals surface area (Å²) in [4.78, 5) is -0.0257. The summed E-state index contributed by atoms with van der Waals surface area (Å²) in [6.45, 7) is 1.43. The summed E-state index contributed by atoms with van der Waals surface area (Å²) >= 11 is 4.72. The Bertz CT molecular complexity index is 352. The molecule has 1 saturated carbocycles. The highest BCUT2D eigenvalue weighted by Gasteiger charge is 2.37. The third kappa shape index (κ3) is 2.71. The highest BCUT2D eigenvalue weighted by Crippen LogP contribution is 2.28. The second-order valence-corrected chi connectivity index (χ2v) is 6.69. The fourth-order valence-electron chi connectivity index (χ4n) is 1.64. The summed E-state index contributed by atoms with van der Waals surface area (Å²) in [7, 11) is -3.52. The molecule has 1 unspecified atom stereocenters. The average Bonchev–Trinajstić information content (AvgIpc) is 2.13. The summed E-state index contributed by atoms with van der Waals surface area (Å²) in [5.74, 6) is 0. The lowest BCUT2D eigenvalue weighted by Gasteiger charge is -2.37. The first-order valence-electron chi connectivity index (χ1n) is 5.32. The molecule has 94 valence electrons. The number of aliphatic hydroxyl groups excluding tert-OH is 1. The normalized spacial score (nSPS) is 19.4. The van der Waals surface area contributed by atoms with Crippen LogP contribution in [-0.4, -0.2) is 47.3 Å². The van der Waals surface area contributed by atoms with Crippen LogP contribution in [0.4, 0.5) is 0 Å². The fraction of sp³-hybridized carbons (Fsp3) is 0.889. The third-order valence-electron chi connectivity index (χ3n) is 2.98. The Balaban J connectivity index is 2.87. The molecule has 0 bridgehead atoms. The third-order valence-corrected chi connectivity index (χ3v) is 5.76. The maximum absolute atomic E-state index is 12.1. The smallest absolute Gasteiger partial charge is 0.223 e. The van der Waals surface area contributed by atoms with Crippen molar-refractivity contribution in [1.29, 1.82) is 0 Å². The van der Waals surface area contributed by atoms with Crippen LogP contribution in [0.3, 0.4) is 0 Å². The Kier molecular flexibility index (Phi) is 4.66. The summed E-state index contributed by atoms with van der Waals surface area (Å²) in [6.07, 6.45) is 2.73. The van der Waals surface area contributed by atoms with Gasteiger partial charge in [-0.3, -0.25) is 0 Å². The molecule has 0 aliphatic heterocycles. The first-order valence-corrected chi connectivity index (χ1v) is 7.23. The number of nitrogens with zero attached hydrogens (tertiary/aromatic N) is 1. The van der Waals surface area contributed by atoms with Crippen LogP contribution < -0.4 is 5.73 Å². The minimum atomic E-state index is -3.52. The van der Waals surface area contributed by atoms with Crippen molar-refractivity contribution >= 4 is 27.2 Å². The first-order chi connectivity index (χ1) is 7.41. The standard InChI is InChI=1S/C9H18N2O3S2/c1-7(9(10)15)16(13,14)11(5-6-12)8-3-2-4-8/h7-8,12H,2-6H2,1H3,(H2,10,15). The molecule has 3 N–H and O–H groups in total. The Hall–Kier alpha value is -0.240. The lowest BCUT2D eigenvalue weighted by atomic mass is 9.93. The molecule has 1 atom stereocenters. The van der Waals surface area contributed by atoms with Gasteiger partial charge in [0.15, 0.2) is 0 Å². The fourth-order valence-corrected chi connectivity index (χ4v) is 3.67. The lowest BCUT2D eigenvalue weighted by Crippen LogP contribution is -2.51. The molecule has 5 nitrogen and oxygen atoms in total. The largest absolute Gasteiger partial charge is 0.395 e. The van der Waals surface area contributed by atoms with E-state index >= 15 is 0 Å². The van der Waals surface area contributed by atoms with Crippen molar-refractivity contribution in [2.24, 2.45) is 5.73 Å². The van der Waals surface area contributed by atoms with Crippen LogP contribution in [0.5, 0.6) is 0 Å². The van der Waals surface area contributed by atoms with Crippen LogP contribution in [-0.2, 0) is 10.0 Å². The zero-order valence-electron chi connectivity index (χ0n) is 9.30. The number of thiocarbonyl (C=S) groups is 1. The molecule has 0 heterocycles. The van der Waals surface area contributed by atoms with Crippen molar-refractivity contribution in [3.63, 3.8) is 0 Å². The minimum absolute atomic E-state index is 0.00829. The number of rotatable bonds is 6. The zero-order valence-corrected chi connectivity index (χ0v) is 10.9. The van der Waals surface area contributed by atoms with E-state index in [2.05, 4.69) is 0 Å². The second kappa shape index (κ2) is 5.39.